The van der Waals surface area contributed by atoms with Crippen molar-refractivity contribution < 1.29 is 19.1 Å². The molecule has 3 aliphatic rings. The van der Waals surface area contributed by atoms with Crippen LogP contribution in [0.3, 0.4) is 0 Å². The van der Waals surface area contributed by atoms with Crippen LogP contribution in [0.5, 0.6) is 11.5 Å². The van der Waals surface area contributed by atoms with Crippen molar-refractivity contribution in [1.82, 2.24) is 4.90 Å². The Morgan fingerprint density at radius 3 is 2.19 bits per heavy atom. The van der Waals surface area contributed by atoms with Gasteiger partial charge in [0.1, 0.15) is 0 Å². The van der Waals surface area contributed by atoms with E-state index in [1.165, 1.54) is 4.90 Å². The summed E-state index contributed by atoms with van der Waals surface area (Å²) in [6.45, 7) is 5.45. The summed E-state index contributed by atoms with van der Waals surface area (Å²) in [7, 11) is 0. The molecule has 5 heteroatoms. The minimum atomic E-state index is -0.114. The van der Waals surface area contributed by atoms with Gasteiger partial charge in [0.25, 0.3) is 0 Å². The summed E-state index contributed by atoms with van der Waals surface area (Å²) in [6.07, 6.45) is 5.85. The minimum Gasteiger partial charge on any atom is -0.490 e. The Kier molecular flexibility index (Phi) is 4.47. The molecule has 0 radical (unpaired) electrons. The SMILES string of the molecule is CCOc1ccc(CCN2C(=O)[C@@H]3[C@H](C2=O)[C@@H]2C=C[C@H]3C2)cc1OCC. The normalized spacial score (nSPS) is 28.8. The third-order valence-electron chi connectivity index (χ3n) is 5.79. The lowest BCUT2D eigenvalue weighted by atomic mass is 9.85. The number of rotatable bonds is 7. The van der Waals surface area contributed by atoms with E-state index >= 15 is 0 Å². The Bertz CT molecular complexity index is 726. The molecule has 0 aromatic heterocycles. The number of carbonyl (C=O) groups excluding carboxylic acids is 2. The van der Waals surface area contributed by atoms with E-state index in [4.69, 9.17) is 9.47 Å². The molecule has 26 heavy (non-hydrogen) atoms. The molecule has 2 aliphatic carbocycles. The first-order valence-electron chi connectivity index (χ1n) is 9.56. The van der Waals surface area contributed by atoms with Gasteiger partial charge in [0.2, 0.25) is 11.8 Å². The molecule has 4 atom stereocenters. The Morgan fingerprint density at radius 2 is 1.58 bits per heavy atom. The molecule has 1 aromatic carbocycles. The average Bonchev–Trinajstić information content (AvgIpc) is 3.30. The molecule has 138 valence electrons. The van der Waals surface area contributed by atoms with E-state index in [-0.39, 0.29) is 35.5 Å². The van der Waals surface area contributed by atoms with E-state index < -0.39 is 0 Å². The fourth-order valence-electron chi connectivity index (χ4n) is 4.68. The van der Waals surface area contributed by atoms with Gasteiger partial charge in [-0.25, -0.2) is 0 Å². The number of allylic oxidation sites excluding steroid dienone is 2. The standard InChI is InChI=1S/C21H25NO4/c1-3-25-16-8-5-13(11-17(16)26-4-2)9-10-22-20(23)18-14-6-7-15(12-14)19(18)21(22)24/h5-8,11,14-15,18-19H,3-4,9-10,12H2,1-2H3/t14-,15+,18-,19+. The molecule has 1 saturated heterocycles. The maximum Gasteiger partial charge on any atom is 0.233 e. The number of hydrogen-bond acceptors (Lipinski definition) is 4. The zero-order valence-corrected chi connectivity index (χ0v) is 15.3. The molecule has 2 fully saturated rings. The van der Waals surface area contributed by atoms with Crippen LogP contribution in [0.1, 0.15) is 25.8 Å². The number of fused-ring (bicyclic) bond motifs is 5. The average molecular weight is 355 g/mol. The van der Waals surface area contributed by atoms with Crippen LogP contribution in [0.15, 0.2) is 30.4 Å². The van der Waals surface area contributed by atoms with E-state index in [0.717, 1.165) is 17.7 Å². The Morgan fingerprint density at radius 1 is 0.962 bits per heavy atom. The smallest absolute Gasteiger partial charge is 0.233 e. The fourth-order valence-corrected chi connectivity index (χ4v) is 4.68. The number of amides is 2. The van der Waals surface area contributed by atoms with Gasteiger partial charge in [-0.05, 0) is 56.2 Å². The molecule has 0 unspecified atom stereocenters. The van der Waals surface area contributed by atoms with E-state index in [1.807, 2.05) is 32.0 Å². The highest BCUT2D eigenvalue weighted by atomic mass is 16.5. The van der Waals surface area contributed by atoms with Gasteiger partial charge >= 0.3 is 0 Å². The highest BCUT2D eigenvalue weighted by molar-refractivity contribution is 6.06. The molecule has 1 saturated carbocycles. The van der Waals surface area contributed by atoms with Crippen LogP contribution in [-0.2, 0) is 16.0 Å². The highest BCUT2D eigenvalue weighted by Gasteiger charge is 2.58. The summed E-state index contributed by atoms with van der Waals surface area (Å²) in [6, 6.07) is 5.83. The van der Waals surface area contributed by atoms with Gasteiger partial charge in [-0.2, -0.15) is 0 Å². The number of nitrogens with zero attached hydrogens (tertiary/aromatic N) is 1. The third-order valence-corrected chi connectivity index (χ3v) is 5.79. The number of ether oxygens (including phenoxy) is 2. The van der Waals surface area contributed by atoms with Crippen molar-refractivity contribution in [3.05, 3.63) is 35.9 Å². The van der Waals surface area contributed by atoms with E-state index in [1.54, 1.807) is 0 Å². The molecule has 0 spiro atoms. The van der Waals surface area contributed by atoms with Gasteiger partial charge in [0, 0.05) is 6.54 Å². The van der Waals surface area contributed by atoms with Gasteiger partial charge in [-0.15, -0.1) is 0 Å². The number of benzene rings is 1. The van der Waals surface area contributed by atoms with Crippen molar-refractivity contribution >= 4 is 11.8 Å². The van der Waals surface area contributed by atoms with Crippen molar-refractivity contribution in [2.45, 2.75) is 26.7 Å². The van der Waals surface area contributed by atoms with Crippen molar-refractivity contribution in [3.63, 3.8) is 0 Å². The number of imide groups is 1. The lowest BCUT2D eigenvalue weighted by Gasteiger charge is -2.18. The molecule has 1 aliphatic heterocycles. The number of hydrogen-bond donors (Lipinski definition) is 0. The van der Waals surface area contributed by atoms with Crippen LogP contribution in [0, 0.1) is 23.7 Å². The van der Waals surface area contributed by atoms with Crippen molar-refractivity contribution in [2.24, 2.45) is 23.7 Å². The quantitative estimate of drug-likeness (QED) is 0.557. The first kappa shape index (κ1) is 17.1. The van der Waals surface area contributed by atoms with E-state index in [0.29, 0.717) is 31.9 Å². The molecule has 1 aromatic rings. The maximum atomic E-state index is 12.7. The van der Waals surface area contributed by atoms with E-state index in [2.05, 4.69) is 12.2 Å². The predicted octanol–water partition coefficient (Wildman–Crippen LogP) is 2.83. The summed E-state index contributed by atoms with van der Waals surface area (Å²) in [5, 5.41) is 0. The molecule has 4 rings (SSSR count). The maximum absolute atomic E-state index is 12.7. The molecule has 2 amide bonds. The summed E-state index contributed by atoms with van der Waals surface area (Å²) in [4.78, 5) is 27.0. The summed E-state index contributed by atoms with van der Waals surface area (Å²) in [5.74, 6) is 1.78. The van der Waals surface area contributed by atoms with E-state index in [9.17, 15) is 9.59 Å². The second-order valence-corrected chi connectivity index (χ2v) is 7.23. The van der Waals surface area contributed by atoms with Crippen LogP contribution in [-0.4, -0.2) is 36.5 Å². The van der Waals surface area contributed by atoms with Crippen molar-refractivity contribution in [3.8, 4) is 11.5 Å². The fraction of sp³-hybridized carbons (Fsp3) is 0.524. The Labute approximate surface area is 154 Å². The number of carbonyl (C=O) groups is 2. The predicted molar refractivity (Wildman–Crippen MR) is 96.9 cm³/mol. The highest BCUT2D eigenvalue weighted by Crippen LogP contribution is 2.52. The zero-order chi connectivity index (χ0) is 18.3. The molecule has 1 heterocycles. The van der Waals surface area contributed by atoms with Gasteiger partial charge in [-0.3, -0.25) is 14.5 Å². The summed E-state index contributed by atoms with van der Waals surface area (Å²) in [5.41, 5.74) is 1.04. The molecular weight excluding hydrogens is 330 g/mol. The topological polar surface area (TPSA) is 55.8 Å². The largest absolute Gasteiger partial charge is 0.490 e. The Hall–Kier alpha value is -2.30. The number of likely N-dealkylation sites (tertiary alicyclic amines) is 1. The van der Waals surface area contributed by atoms with Crippen LogP contribution in [0.25, 0.3) is 0 Å². The Balaban J connectivity index is 1.45. The third kappa shape index (κ3) is 2.70. The summed E-state index contributed by atoms with van der Waals surface area (Å²) >= 11 is 0. The van der Waals surface area contributed by atoms with Crippen molar-refractivity contribution in [2.75, 3.05) is 19.8 Å². The second-order valence-electron chi connectivity index (χ2n) is 7.23. The molecule has 0 N–H and O–H groups in total. The van der Waals surface area contributed by atoms with Crippen LogP contribution in [0.4, 0.5) is 0 Å². The van der Waals surface area contributed by atoms with Crippen LogP contribution in [0.2, 0.25) is 0 Å². The van der Waals surface area contributed by atoms with Gasteiger partial charge in [-0.1, -0.05) is 18.2 Å². The van der Waals surface area contributed by atoms with Crippen LogP contribution < -0.4 is 9.47 Å². The first-order valence-corrected chi connectivity index (χ1v) is 9.56. The molecule has 2 bridgehead atoms. The second kappa shape index (κ2) is 6.78. The van der Waals surface area contributed by atoms with Gasteiger partial charge < -0.3 is 9.47 Å². The van der Waals surface area contributed by atoms with Crippen molar-refractivity contribution in [1.29, 1.82) is 0 Å². The monoisotopic (exact) mass is 355 g/mol. The lowest BCUT2D eigenvalue weighted by molar-refractivity contribution is -0.140. The van der Waals surface area contributed by atoms with Gasteiger partial charge in [0.05, 0.1) is 25.0 Å². The van der Waals surface area contributed by atoms with Gasteiger partial charge in [0.15, 0.2) is 11.5 Å². The summed E-state index contributed by atoms with van der Waals surface area (Å²) < 4.78 is 11.2. The lowest BCUT2D eigenvalue weighted by Crippen LogP contribution is -2.34. The molecular formula is C21H25NO4. The minimum absolute atomic E-state index is 0.0211. The molecule has 5 nitrogen and oxygen atoms in total. The zero-order valence-electron chi connectivity index (χ0n) is 15.3. The van der Waals surface area contributed by atoms with Crippen LogP contribution >= 0.6 is 0 Å². The first-order chi connectivity index (χ1) is 12.6.